The molecule has 0 amide bonds. The highest BCUT2D eigenvalue weighted by Gasteiger charge is 2.20. The molecule has 10 aromatic rings. The predicted octanol–water partition coefficient (Wildman–Crippen LogP) is 13.7. The Bertz CT molecular complexity index is 2820. The van der Waals surface area contributed by atoms with E-state index in [9.17, 15) is 0 Å². The smallest absolute Gasteiger partial charge is 0.136 e. The molecule has 1 heteroatoms. The van der Waals surface area contributed by atoms with Gasteiger partial charge in [-0.2, -0.15) is 0 Å². The molecule has 0 saturated heterocycles. The first kappa shape index (κ1) is 27.7. The normalized spacial score (nSPS) is 11.7. The number of rotatable bonds is 4. The summed E-state index contributed by atoms with van der Waals surface area (Å²) in [6.45, 7) is 0. The number of benzene rings is 9. The molecule has 0 atom stereocenters. The summed E-state index contributed by atoms with van der Waals surface area (Å²) in [4.78, 5) is 0. The van der Waals surface area contributed by atoms with Crippen LogP contribution < -0.4 is 0 Å². The van der Waals surface area contributed by atoms with Crippen LogP contribution in [-0.2, 0) is 0 Å². The Hall–Kier alpha value is -6.44. The van der Waals surface area contributed by atoms with Crippen molar-refractivity contribution in [3.8, 4) is 44.5 Å². The van der Waals surface area contributed by atoms with Crippen LogP contribution in [0.25, 0.3) is 98.8 Å². The summed E-state index contributed by atoms with van der Waals surface area (Å²) < 4.78 is 6.58. The number of hydrogen-bond donors (Lipinski definition) is 0. The van der Waals surface area contributed by atoms with E-state index in [0.717, 1.165) is 27.5 Å². The minimum atomic E-state index is 0.901. The van der Waals surface area contributed by atoms with Gasteiger partial charge in [-0.3, -0.25) is 0 Å². The lowest BCUT2D eigenvalue weighted by Crippen LogP contribution is -1.91. The summed E-state index contributed by atoms with van der Waals surface area (Å²) in [6, 6.07) is 65.7. The Labute approximate surface area is 284 Å². The summed E-state index contributed by atoms with van der Waals surface area (Å²) >= 11 is 0. The molecule has 10 rings (SSSR count). The Morgan fingerprint density at radius 2 is 0.857 bits per heavy atom. The molecule has 0 unspecified atom stereocenters. The van der Waals surface area contributed by atoms with Crippen molar-refractivity contribution in [3.05, 3.63) is 182 Å². The lowest BCUT2D eigenvalue weighted by molar-refractivity contribution is 0.669. The second kappa shape index (κ2) is 11.1. The van der Waals surface area contributed by atoms with Crippen molar-refractivity contribution in [1.29, 1.82) is 0 Å². The Morgan fingerprint density at radius 1 is 0.286 bits per heavy atom. The zero-order valence-corrected chi connectivity index (χ0v) is 26.7. The van der Waals surface area contributed by atoms with E-state index >= 15 is 0 Å². The predicted molar refractivity (Wildman–Crippen MR) is 208 cm³/mol. The molecule has 1 heterocycles. The SMILES string of the molecule is c1ccc(-c2ccc3c(c2)oc2cccc(-c4c5ccccc5c(-c5cccc(-c6ccc7ccccc7c6)c5)c5ccccc45)c23)cc1. The highest BCUT2D eigenvalue weighted by Crippen LogP contribution is 2.47. The van der Waals surface area contributed by atoms with Crippen LogP contribution in [0.3, 0.4) is 0 Å². The molecule has 0 saturated carbocycles. The third-order valence-electron chi connectivity index (χ3n) is 10.0. The van der Waals surface area contributed by atoms with Crippen LogP contribution in [0.15, 0.2) is 186 Å². The van der Waals surface area contributed by atoms with Crippen molar-refractivity contribution in [2.75, 3.05) is 0 Å². The van der Waals surface area contributed by atoms with Crippen LogP contribution in [0.2, 0.25) is 0 Å². The maximum Gasteiger partial charge on any atom is 0.136 e. The molecule has 9 aromatic carbocycles. The second-order valence-electron chi connectivity index (χ2n) is 12.8. The van der Waals surface area contributed by atoms with Gasteiger partial charge in [0.05, 0.1) is 0 Å². The van der Waals surface area contributed by atoms with Crippen LogP contribution in [0.5, 0.6) is 0 Å². The van der Waals surface area contributed by atoms with Crippen LogP contribution in [0, 0.1) is 0 Å². The summed E-state index contributed by atoms with van der Waals surface area (Å²) in [5.41, 5.74) is 11.5. The van der Waals surface area contributed by atoms with Crippen molar-refractivity contribution in [2.45, 2.75) is 0 Å². The molecular weight excluding hydrogens is 593 g/mol. The van der Waals surface area contributed by atoms with Crippen molar-refractivity contribution >= 4 is 54.3 Å². The van der Waals surface area contributed by atoms with E-state index in [1.54, 1.807) is 0 Å². The van der Waals surface area contributed by atoms with Crippen molar-refractivity contribution < 1.29 is 4.42 Å². The Balaban J connectivity index is 1.21. The average molecular weight is 623 g/mol. The minimum Gasteiger partial charge on any atom is -0.456 e. The van der Waals surface area contributed by atoms with Crippen LogP contribution in [0.1, 0.15) is 0 Å². The van der Waals surface area contributed by atoms with Gasteiger partial charge in [-0.25, -0.2) is 0 Å². The van der Waals surface area contributed by atoms with E-state index in [2.05, 4.69) is 182 Å². The van der Waals surface area contributed by atoms with E-state index in [4.69, 9.17) is 4.42 Å². The third kappa shape index (κ3) is 4.47. The fourth-order valence-corrected chi connectivity index (χ4v) is 7.80. The molecule has 0 radical (unpaired) electrons. The molecule has 0 spiro atoms. The van der Waals surface area contributed by atoms with Crippen LogP contribution in [-0.4, -0.2) is 0 Å². The van der Waals surface area contributed by atoms with Crippen molar-refractivity contribution in [3.63, 3.8) is 0 Å². The zero-order chi connectivity index (χ0) is 32.3. The van der Waals surface area contributed by atoms with Gasteiger partial charge < -0.3 is 4.42 Å². The highest BCUT2D eigenvalue weighted by molar-refractivity contribution is 6.25. The minimum absolute atomic E-state index is 0.901. The van der Waals surface area contributed by atoms with E-state index in [1.165, 1.54) is 71.3 Å². The largest absolute Gasteiger partial charge is 0.456 e. The van der Waals surface area contributed by atoms with Gasteiger partial charge in [0, 0.05) is 10.8 Å². The molecule has 1 nitrogen and oxygen atoms in total. The first-order valence-electron chi connectivity index (χ1n) is 16.8. The van der Waals surface area contributed by atoms with E-state index in [-0.39, 0.29) is 0 Å². The van der Waals surface area contributed by atoms with E-state index in [0.29, 0.717) is 0 Å². The molecule has 0 fully saturated rings. The van der Waals surface area contributed by atoms with Gasteiger partial charge in [0.1, 0.15) is 11.2 Å². The lowest BCUT2D eigenvalue weighted by Gasteiger charge is -2.18. The van der Waals surface area contributed by atoms with E-state index in [1.807, 2.05) is 0 Å². The third-order valence-corrected chi connectivity index (χ3v) is 10.0. The van der Waals surface area contributed by atoms with Gasteiger partial charge in [-0.15, -0.1) is 0 Å². The summed E-state index contributed by atoms with van der Waals surface area (Å²) in [7, 11) is 0. The molecule has 228 valence electrons. The van der Waals surface area contributed by atoms with Gasteiger partial charge in [-0.1, -0.05) is 152 Å². The van der Waals surface area contributed by atoms with Gasteiger partial charge in [0.15, 0.2) is 0 Å². The van der Waals surface area contributed by atoms with Gasteiger partial charge in [-0.05, 0) is 107 Å². The zero-order valence-electron chi connectivity index (χ0n) is 26.7. The van der Waals surface area contributed by atoms with Gasteiger partial charge >= 0.3 is 0 Å². The number of furan rings is 1. The molecule has 0 aliphatic rings. The highest BCUT2D eigenvalue weighted by atomic mass is 16.3. The molecule has 0 aliphatic heterocycles. The Morgan fingerprint density at radius 3 is 1.63 bits per heavy atom. The topological polar surface area (TPSA) is 13.1 Å². The van der Waals surface area contributed by atoms with Crippen molar-refractivity contribution in [1.82, 2.24) is 0 Å². The summed E-state index contributed by atoms with van der Waals surface area (Å²) in [6.07, 6.45) is 0. The van der Waals surface area contributed by atoms with E-state index < -0.39 is 0 Å². The fraction of sp³-hybridized carbons (Fsp3) is 0. The quantitative estimate of drug-likeness (QED) is 0.178. The average Bonchev–Trinajstić information content (AvgIpc) is 3.55. The molecule has 0 aliphatic carbocycles. The molecule has 49 heavy (non-hydrogen) atoms. The molecular formula is C48H30O. The van der Waals surface area contributed by atoms with Crippen LogP contribution in [0.4, 0.5) is 0 Å². The first-order valence-corrected chi connectivity index (χ1v) is 16.8. The maximum absolute atomic E-state index is 6.58. The molecule has 0 bridgehead atoms. The lowest BCUT2D eigenvalue weighted by atomic mass is 9.84. The number of fused-ring (bicyclic) bond motifs is 6. The first-order chi connectivity index (χ1) is 24.3. The van der Waals surface area contributed by atoms with Crippen molar-refractivity contribution in [2.24, 2.45) is 0 Å². The van der Waals surface area contributed by atoms with Gasteiger partial charge in [0.2, 0.25) is 0 Å². The maximum atomic E-state index is 6.58. The summed E-state index contributed by atoms with van der Waals surface area (Å²) in [5.74, 6) is 0. The number of hydrogen-bond acceptors (Lipinski definition) is 1. The van der Waals surface area contributed by atoms with Gasteiger partial charge in [0.25, 0.3) is 0 Å². The standard InChI is InChI=1S/C48H30O/c1-2-12-31(13-3-1)36-26-27-42-45(30-36)49-44-23-11-22-43(48(42)44)47-40-20-8-6-18-38(40)46(39-19-7-9-21-41(39)47)37-17-10-16-34(29-37)35-25-24-32-14-4-5-15-33(32)28-35/h1-30H. The van der Waals surface area contributed by atoms with Crippen LogP contribution >= 0.6 is 0 Å². The monoisotopic (exact) mass is 622 g/mol. The second-order valence-corrected chi connectivity index (χ2v) is 12.8. The molecule has 0 N–H and O–H groups in total. The fourth-order valence-electron chi connectivity index (χ4n) is 7.80. The Kier molecular flexibility index (Phi) is 6.25. The molecule has 1 aromatic heterocycles. The summed E-state index contributed by atoms with van der Waals surface area (Å²) in [5, 5.41) is 9.73.